The average Bonchev–Trinajstić information content (AvgIpc) is 2.95. The molecule has 3 aromatic rings. The van der Waals surface area contributed by atoms with Crippen LogP contribution < -0.4 is 5.73 Å². The Morgan fingerprint density at radius 1 is 1.29 bits per heavy atom. The van der Waals surface area contributed by atoms with Gasteiger partial charge in [0.1, 0.15) is 10.7 Å². The van der Waals surface area contributed by atoms with E-state index in [-0.39, 0.29) is 0 Å². The molecule has 0 fully saturated rings. The molecule has 0 saturated heterocycles. The summed E-state index contributed by atoms with van der Waals surface area (Å²) in [5.74, 6) is 0.887. The third-order valence-corrected chi connectivity index (χ3v) is 3.58. The molecule has 17 heavy (non-hydrogen) atoms. The van der Waals surface area contributed by atoms with Crippen molar-refractivity contribution in [2.24, 2.45) is 5.73 Å². The van der Waals surface area contributed by atoms with Crippen LogP contribution in [0.4, 0.5) is 0 Å². The summed E-state index contributed by atoms with van der Waals surface area (Å²) in [6, 6.07) is 9.94. The zero-order valence-corrected chi connectivity index (χ0v) is 10.5. The van der Waals surface area contributed by atoms with E-state index in [2.05, 4.69) is 4.98 Å². The zero-order valence-electron chi connectivity index (χ0n) is 8.83. The Morgan fingerprint density at radius 3 is 2.88 bits per heavy atom. The first kappa shape index (κ1) is 10.4. The van der Waals surface area contributed by atoms with Gasteiger partial charge in [-0.25, -0.2) is 4.98 Å². The minimum Gasteiger partial charge on any atom is -0.388 e. The number of hydrogen-bond donors (Lipinski definition) is 1. The van der Waals surface area contributed by atoms with Crippen molar-refractivity contribution in [2.75, 3.05) is 0 Å². The molecule has 3 heterocycles. The molecule has 0 unspecified atom stereocenters. The largest absolute Gasteiger partial charge is 0.388 e. The van der Waals surface area contributed by atoms with Crippen LogP contribution in [0.3, 0.4) is 0 Å². The van der Waals surface area contributed by atoms with Gasteiger partial charge in [-0.2, -0.15) is 0 Å². The number of hydrogen-bond acceptors (Lipinski definition) is 3. The molecule has 2 N–H and O–H groups in total. The first-order valence-corrected chi connectivity index (χ1v) is 6.37. The van der Waals surface area contributed by atoms with Gasteiger partial charge < -0.3 is 5.73 Å². The summed E-state index contributed by atoms with van der Waals surface area (Å²) < 4.78 is 2.01. The van der Waals surface area contributed by atoms with Crippen molar-refractivity contribution in [2.45, 2.75) is 0 Å². The number of nitrogens with zero attached hydrogens (tertiary/aromatic N) is 2. The van der Waals surface area contributed by atoms with Crippen molar-refractivity contribution >= 4 is 34.1 Å². The predicted molar refractivity (Wildman–Crippen MR) is 74.4 cm³/mol. The van der Waals surface area contributed by atoms with Gasteiger partial charge in [0, 0.05) is 6.20 Å². The summed E-state index contributed by atoms with van der Waals surface area (Å²) in [7, 11) is 0. The minimum atomic E-state index is 0.330. The molecule has 0 aromatic carbocycles. The molecule has 0 spiro atoms. The highest BCUT2D eigenvalue weighted by Crippen LogP contribution is 2.26. The fourth-order valence-corrected chi connectivity index (χ4v) is 2.66. The van der Waals surface area contributed by atoms with Gasteiger partial charge in [-0.1, -0.05) is 24.4 Å². The first-order chi connectivity index (χ1) is 8.27. The van der Waals surface area contributed by atoms with Crippen LogP contribution in [-0.4, -0.2) is 14.4 Å². The lowest BCUT2D eigenvalue weighted by atomic mass is 10.3. The Hall–Kier alpha value is -1.72. The second-order valence-corrected chi connectivity index (χ2v) is 4.97. The maximum Gasteiger partial charge on any atom is 0.155 e. The Balaban J connectivity index is 2.37. The van der Waals surface area contributed by atoms with E-state index in [1.54, 1.807) is 11.3 Å². The van der Waals surface area contributed by atoms with Crippen LogP contribution in [0.15, 0.2) is 41.9 Å². The van der Waals surface area contributed by atoms with Crippen molar-refractivity contribution in [3.8, 4) is 10.7 Å². The number of thiocarbonyl (C=S) groups is 1. The fourth-order valence-electron chi connectivity index (χ4n) is 1.80. The van der Waals surface area contributed by atoms with Crippen molar-refractivity contribution in [1.82, 2.24) is 9.38 Å². The Morgan fingerprint density at radius 2 is 2.18 bits per heavy atom. The number of fused-ring (bicyclic) bond motifs is 1. The SMILES string of the molecule is NC(=S)c1nc(-c2cccs2)n2ccccc12. The molecule has 0 aliphatic rings. The van der Waals surface area contributed by atoms with Crippen LogP contribution in [0.5, 0.6) is 0 Å². The van der Waals surface area contributed by atoms with Gasteiger partial charge in [-0.15, -0.1) is 11.3 Å². The smallest absolute Gasteiger partial charge is 0.155 e. The van der Waals surface area contributed by atoms with Gasteiger partial charge in [-0.3, -0.25) is 4.40 Å². The van der Waals surface area contributed by atoms with E-state index in [0.29, 0.717) is 10.7 Å². The van der Waals surface area contributed by atoms with Crippen LogP contribution >= 0.6 is 23.6 Å². The van der Waals surface area contributed by atoms with Gasteiger partial charge >= 0.3 is 0 Å². The summed E-state index contributed by atoms with van der Waals surface area (Å²) in [6.45, 7) is 0. The van der Waals surface area contributed by atoms with E-state index < -0.39 is 0 Å². The number of pyridine rings is 1. The standard InChI is InChI=1S/C12H9N3S2/c13-11(16)10-8-4-1-2-6-15(8)12(14-10)9-5-3-7-17-9/h1-7H,(H2,13,16). The highest BCUT2D eigenvalue weighted by Gasteiger charge is 2.14. The second-order valence-electron chi connectivity index (χ2n) is 3.58. The topological polar surface area (TPSA) is 43.3 Å². The maximum absolute atomic E-state index is 5.71. The summed E-state index contributed by atoms with van der Waals surface area (Å²) in [6.07, 6.45) is 1.97. The lowest BCUT2D eigenvalue weighted by Crippen LogP contribution is -2.10. The summed E-state index contributed by atoms with van der Waals surface area (Å²) in [5, 5.41) is 2.03. The van der Waals surface area contributed by atoms with Gasteiger partial charge in [0.15, 0.2) is 5.82 Å². The normalized spacial score (nSPS) is 10.8. The molecular weight excluding hydrogens is 250 g/mol. The van der Waals surface area contributed by atoms with E-state index in [1.807, 2.05) is 46.3 Å². The maximum atomic E-state index is 5.71. The lowest BCUT2D eigenvalue weighted by Gasteiger charge is -1.97. The molecule has 3 nitrogen and oxygen atoms in total. The predicted octanol–water partition coefficient (Wildman–Crippen LogP) is 2.70. The fraction of sp³-hybridized carbons (Fsp3) is 0. The molecule has 3 aromatic heterocycles. The van der Waals surface area contributed by atoms with Crippen LogP contribution in [0.2, 0.25) is 0 Å². The molecule has 0 saturated carbocycles. The third-order valence-electron chi connectivity index (χ3n) is 2.52. The molecule has 0 bridgehead atoms. The van der Waals surface area contributed by atoms with Crippen molar-refractivity contribution in [3.05, 3.63) is 47.6 Å². The highest BCUT2D eigenvalue weighted by molar-refractivity contribution is 7.80. The van der Waals surface area contributed by atoms with E-state index in [1.165, 1.54) is 0 Å². The van der Waals surface area contributed by atoms with Gasteiger partial charge in [0.05, 0.1) is 10.4 Å². The molecule has 0 aliphatic carbocycles. The monoisotopic (exact) mass is 259 g/mol. The summed E-state index contributed by atoms with van der Waals surface area (Å²) >= 11 is 6.69. The van der Waals surface area contributed by atoms with Gasteiger partial charge in [-0.05, 0) is 23.6 Å². The Kier molecular flexibility index (Phi) is 2.42. The van der Waals surface area contributed by atoms with E-state index >= 15 is 0 Å². The number of nitrogens with two attached hydrogens (primary N) is 1. The van der Waals surface area contributed by atoms with E-state index in [9.17, 15) is 0 Å². The second kappa shape index (κ2) is 3.94. The molecule has 0 radical (unpaired) electrons. The van der Waals surface area contributed by atoms with Crippen molar-refractivity contribution < 1.29 is 0 Å². The Bertz CT molecular complexity index is 683. The third kappa shape index (κ3) is 1.64. The van der Waals surface area contributed by atoms with Crippen LogP contribution in [0.1, 0.15) is 5.69 Å². The molecule has 0 aliphatic heterocycles. The number of rotatable bonds is 2. The molecule has 0 amide bonds. The lowest BCUT2D eigenvalue weighted by molar-refractivity contribution is 1.17. The first-order valence-electron chi connectivity index (χ1n) is 5.08. The number of aromatic nitrogens is 2. The van der Waals surface area contributed by atoms with E-state index in [0.717, 1.165) is 16.2 Å². The summed E-state index contributed by atoms with van der Waals surface area (Å²) in [5.41, 5.74) is 7.34. The molecule has 84 valence electrons. The molecular formula is C12H9N3S2. The molecule has 3 rings (SSSR count). The highest BCUT2D eigenvalue weighted by atomic mass is 32.1. The average molecular weight is 259 g/mol. The zero-order chi connectivity index (χ0) is 11.8. The summed E-state index contributed by atoms with van der Waals surface area (Å²) in [4.78, 5) is 5.97. The van der Waals surface area contributed by atoms with Gasteiger partial charge in [0.25, 0.3) is 0 Å². The van der Waals surface area contributed by atoms with Crippen LogP contribution in [-0.2, 0) is 0 Å². The van der Waals surface area contributed by atoms with Crippen molar-refractivity contribution in [1.29, 1.82) is 0 Å². The quantitative estimate of drug-likeness (QED) is 0.720. The minimum absolute atomic E-state index is 0.330. The molecule has 0 atom stereocenters. The number of imidazole rings is 1. The molecule has 5 heteroatoms. The van der Waals surface area contributed by atoms with Crippen LogP contribution in [0, 0.1) is 0 Å². The number of thiophene rings is 1. The van der Waals surface area contributed by atoms with Gasteiger partial charge in [0.2, 0.25) is 0 Å². The Labute approximate surface area is 108 Å². The van der Waals surface area contributed by atoms with Crippen LogP contribution in [0.25, 0.3) is 16.2 Å². The van der Waals surface area contributed by atoms with Crippen molar-refractivity contribution in [3.63, 3.8) is 0 Å². The van der Waals surface area contributed by atoms with E-state index in [4.69, 9.17) is 18.0 Å².